The van der Waals surface area contributed by atoms with Gasteiger partial charge >= 0.3 is 0 Å². The SMILES string of the molecule is CCC(C(=O)Nc1nccs1)n1cnc2sc3c(c2c1=O)CCC(C(C)(C)C)C3. The minimum Gasteiger partial charge on any atom is -0.300 e. The van der Waals surface area contributed by atoms with Crippen molar-refractivity contribution in [2.75, 3.05) is 5.32 Å². The van der Waals surface area contributed by atoms with E-state index in [0.29, 0.717) is 22.9 Å². The Morgan fingerprint density at radius 2 is 2.17 bits per heavy atom. The number of thiazole rings is 1. The van der Waals surface area contributed by atoms with Gasteiger partial charge in [0, 0.05) is 16.5 Å². The van der Waals surface area contributed by atoms with Crippen molar-refractivity contribution in [3.05, 3.63) is 38.7 Å². The molecular weight excluding hydrogens is 404 g/mol. The van der Waals surface area contributed by atoms with E-state index >= 15 is 0 Å². The number of carbonyl (C=O) groups excluding carboxylic acids is 1. The smallest absolute Gasteiger partial charge is 0.263 e. The summed E-state index contributed by atoms with van der Waals surface area (Å²) in [7, 11) is 0. The fourth-order valence-corrected chi connectivity index (χ4v) is 5.91. The topological polar surface area (TPSA) is 76.9 Å². The van der Waals surface area contributed by atoms with E-state index in [2.05, 4.69) is 36.1 Å². The molecular formula is C21H26N4O2S2. The first-order valence-corrected chi connectivity index (χ1v) is 11.7. The molecule has 1 N–H and O–H groups in total. The summed E-state index contributed by atoms with van der Waals surface area (Å²) in [4.78, 5) is 36.9. The van der Waals surface area contributed by atoms with Crippen molar-refractivity contribution >= 4 is 43.9 Å². The van der Waals surface area contributed by atoms with E-state index in [9.17, 15) is 9.59 Å². The number of aryl methyl sites for hydroxylation is 1. The zero-order valence-corrected chi connectivity index (χ0v) is 18.8. The normalized spacial score (nSPS) is 17.9. The maximum Gasteiger partial charge on any atom is 0.263 e. The average molecular weight is 431 g/mol. The van der Waals surface area contributed by atoms with Crippen LogP contribution in [-0.4, -0.2) is 20.4 Å². The highest BCUT2D eigenvalue weighted by atomic mass is 32.1. The highest BCUT2D eigenvalue weighted by molar-refractivity contribution is 7.18. The third-order valence-corrected chi connectivity index (χ3v) is 7.76. The molecule has 3 heterocycles. The Kier molecular flexibility index (Phi) is 5.33. The molecule has 0 spiro atoms. The number of aromatic nitrogens is 3. The van der Waals surface area contributed by atoms with Crippen molar-refractivity contribution in [1.29, 1.82) is 0 Å². The summed E-state index contributed by atoms with van der Waals surface area (Å²) in [6.45, 7) is 8.76. The summed E-state index contributed by atoms with van der Waals surface area (Å²) in [5.41, 5.74) is 1.29. The lowest BCUT2D eigenvalue weighted by Gasteiger charge is -2.33. The Labute approximate surface area is 178 Å². The second-order valence-corrected chi connectivity index (χ2v) is 10.7. The Bertz CT molecular complexity index is 1090. The number of thiophene rings is 1. The van der Waals surface area contributed by atoms with Gasteiger partial charge in [0.15, 0.2) is 5.13 Å². The first kappa shape index (κ1) is 20.2. The van der Waals surface area contributed by atoms with E-state index < -0.39 is 6.04 Å². The largest absolute Gasteiger partial charge is 0.300 e. The lowest BCUT2D eigenvalue weighted by atomic mass is 9.72. The van der Waals surface area contributed by atoms with Gasteiger partial charge in [-0.1, -0.05) is 27.7 Å². The number of fused-ring (bicyclic) bond motifs is 3. The van der Waals surface area contributed by atoms with E-state index in [4.69, 9.17) is 0 Å². The third kappa shape index (κ3) is 3.75. The van der Waals surface area contributed by atoms with Crippen molar-refractivity contribution in [3.8, 4) is 0 Å². The van der Waals surface area contributed by atoms with E-state index in [1.165, 1.54) is 27.1 Å². The zero-order chi connectivity index (χ0) is 20.8. The van der Waals surface area contributed by atoms with Gasteiger partial charge < -0.3 is 5.32 Å². The summed E-state index contributed by atoms with van der Waals surface area (Å²) >= 11 is 3.00. The molecule has 0 aliphatic heterocycles. The van der Waals surface area contributed by atoms with Gasteiger partial charge in [0.1, 0.15) is 10.9 Å². The minimum absolute atomic E-state index is 0.108. The van der Waals surface area contributed by atoms with Crippen molar-refractivity contribution in [2.24, 2.45) is 11.3 Å². The molecule has 1 amide bonds. The van der Waals surface area contributed by atoms with Crippen LogP contribution in [0.3, 0.4) is 0 Å². The number of carbonyl (C=O) groups is 1. The van der Waals surface area contributed by atoms with Gasteiger partial charge in [0.2, 0.25) is 5.91 Å². The quantitative estimate of drug-likeness (QED) is 0.653. The molecule has 2 unspecified atom stereocenters. The van der Waals surface area contributed by atoms with E-state index in [0.717, 1.165) is 29.7 Å². The summed E-state index contributed by atoms with van der Waals surface area (Å²) in [6, 6.07) is -0.607. The Morgan fingerprint density at radius 3 is 2.83 bits per heavy atom. The minimum atomic E-state index is -0.607. The lowest BCUT2D eigenvalue weighted by Crippen LogP contribution is -2.33. The molecule has 8 heteroatoms. The van der Waals surface area contributed by atoms with Crippen LogP contribution in [0.2, 0.25) is 0 Å². The van der Waals surface area contributed by atoms with Gasteiger partial charge in [-0.3, -0.25) is 14.2 Å². The second-order valence-electron chi connectivity index (χ2n) is 8.70. The molecule has 1 aliphatic carbocycles. The standard InChI is InChI=1S/C21H26N4O2S2/c1-5-14(17(26)24-20-22-8-9-28-20)25-11-23-18-16(19(25)27)13-7-6-12(21(2,3)4)10-15(13)29-18/h8-9,11-12,14H,5-7,10H2,1-4H3,(H,22,24,26). The molecule has 4 rings (SSSR count). The van der Waals surface area contributed by atoms with Crippen LogP contribution in [0, 0.1) is 11.3 Å². The van der Waals surface area contributed by atoms with Crippen LogP contribution in [-0.2, 0) is 17.6 Å². The van der Waals surface area contributed by atoms with Crippen molar-refractivity contribution in [3.63, 3.8) is 0 Å². The summed E-state index contributed by atoms with van der Waals surface area (Å²) in [5, 5.41) is 5.86. The Morgan fingerprint density at radius 1 is 1.38 bits per heavy atom. The predicted octanol–water partition coefficient (Wildman–Crippen LogP) is 4.66. The van der Waals surface area contributed by atoms with Gasteiger partial charge in [-0.2, -0.15) is 0 Å². The van der Waals surface area contributed by atoms with E-state index in [1.807, 2.05) is 6.92 Å². The van der Waals surface area contributed by atoms with E-state index in [-0.39, 0.29) is 16.9 Å². The molecule has 154 valence electrons. The maximum absolute atomic E-state index is 13.4. The predicted molar refractivity (Wildman–Crippen MR) is 119 cm³/mol. The summed E-state index contributed by atoms with van der Waals surface area (Å²) < 4.78 is 1.49. The van der Waals surface area contributed by atoms with Crippen LogP contribution < -0.4 is 10.9 Å². The van der Waals surface area contributed by atoms with Gasteiger partial charge in [-0.25, -0.2) is 9.97 Å². The van der Waals surface area contributed by atoms with Crippen LogP contribution in [0.4, 0.5) is 5.13 Å². The van der Waals surface area contributed by atoms with Crippen LogP contribution in [0.15, 0.2) is 22.7 Å². The molecule has 1 aliphatic rings. The highest BCUT2D eigenvalue weighted by Gasteiger charge is 2.32. The molecule has 3 aromatic heterocycles. The number of hydrogen-bond donors (Lipinski definition) is 1. The second kappa shape index (κ2) is 7.65. The summed E-state index contributed by atoms with van der Waals surface area (Å²) in [6.07, 6.45) is 6.66. The maximum atomic E-state index is 13.4. The van der Waals surface area contributed by atoms with Gasteiger partial charge in [-0.15, -0.1) is 22.7 Å². The van der Waals surface area contributed by atoms with Crippen LogP contribution in [0.5, 0.6) is 0 Å². The molecule has 0 saturated heterocycles. The highest BCUT2D eigenvalue weighted by Crippen LogP contribution is 2.42. The van der Waals surface area contributed by atoms with E-state index in [1.54, 1.807) is 22.9 Å². The fourth-order valence-electron chi connectivity index (χ4n) is 4.12. The Hall–Kier alpha value is -2.06. The zero-order valence-electron chi connectivity index (χ0n) is 17.2. The first-order chi connectivity index (χ1) is 13.8. The van der Waals surface area contributed by atoms with Crippen molar-refractivity contribution in [1.82, 2.24) is 14.5 Å². The molecule has 0 saturated carbocycles. The average Bonchev–Trinajstić information content (AvgIpc) is 3.30. The number of rotatable bonds is 4. The monoisotopic (exact) mass is 430 g/mol. The van der Waals surface area contributed by atoms with Crippen LogP contribution >= 0.6 is 22.7 Å². The fraction of sp³-hybridized carbons (Fsp3) is 0.524. The van der Waals surface area contributed by atoms with Gasteiger partial charge in [-0.05, 0) is 42.6 Å². The third-order valence-electron chi connectivity index (χ3n) is 5.91. The molecule has 29 heavy (non-hydrogen) atoms. The molecule has 0 fully saturated rings. The number of anilines is 1. The molecule has 0 radical (unpaired) electrons. The molecule has 2 atom stereocenters. The molecule has 3 aromatic rings. The van der Waals surface area contributed by atoms with Gasteiger partial charge in [0.05, 0.1) is 11.7 Å². The van der Waals surface area contributed by atoms with Gasteiger partial charge in [0.25, 0.3) is 5.56 Å². The van der Waals surface area contributed by atoms with Crippen molar-refractivity contribution in [2.45, 2.75) is 59.4 Å². The number of nitrogens with one attached hydrogen (secondary N) is 1. The molecule has 0 aromatic carbocycles. The van der Waals surface area contributed by atoms with Crippen LogP contribution in [0.1, 0.15) is 57.0 Å². The number of amides is 1. The number of hydrogen-bond acceptors (Lipinski definition) is 6. The lowest BCUT2D eigenvalue weighted by molar-refractivity contribution is -0.119. The number of nitrogens with zero attached hydrogens (tertiary/aromatic N) is 3. The molecule has 6 nitrogen and oxygen atoms in total. The molecule has 0 bridgehead atoms. The summed E-state index contributed by atoms with van der Waals surface area (Å²) in [5.74, 6) is 0.375. The van der Waals surface area contributed by atoms with Crippen molar-refractivity contribution < 1.29 is 4.79 Å². The Balaban J connectivity index is 1.71. The van der Waals surface area contributed by atoms with Crippen LogP contribution in [0.25, 0.3) is 10.2 Å². The first-order valence-electron chi connectivity index (χ1n) is 10.0.